The fourth-order valence-corrected chi connectivity index (χ4v) is 1.92. The van der Waals surface area contributed by atoms with Crippen LogP contribution in [0.3, 0.4) is 0 Å². The molecule has 6 heteroatoms. The van der Waals surface area contributed by atoms with Crippen molar-refractivity contribution in [2.75, 3.05) is 26.1 Å². The lowest BCUT2D eigenvalue weighted by Gasteiger charge is -2.16. The van der Waals surface area contributed by atoms with E-state index in [9.17, 15) is 4.39 Å². The van der Waals surface area contributed by atoms with E-state index in [2.05, 4.69) is 10.3 Å². The summed E-state index contributed by atoms with van der Waals surface area (Å²) in [6.07, 6.45) is 3.31. The molecule has 2 rings (SSSR count). The molecule has 1 unspecified atom stereocenters. The highest BCUT2D eigenvalue weighted by molar-refractivity contribution is 5.46. The van der Waals surface area contributed by atoms with E-state index in [0.29, 0.717) is 24.0 Å². The van der Waals surface area contributed by atoms with Crippen molar-refractivity contribution in [3.05, 3.63) is 36.4 Å². The largest absolute Gasteiger partial charge is 0.497 e. The van der Waals surface area contributed by atoms with E-state index in [0.717, 1.165) is 0 Å². The lowest BCUT2D eigenvalue weighted by atomic mass is 10.3. The summed E-state index contributed by atoms with van der Waals surface area (Å²) in [7, 11) is 3.18. The maximum Gasteiger partial charge on any atom is 0.207 e. The lowest BCUT2D eigenvalue weighted by molar-refractivity contribution is 0.190. The number of aromatic nitrogens is 2. The van der Waals surface area contributed by atoms with Crippen molar-refractivity contribution in [2.24, 2.45) is 0 Å². The molecule has 2 aromatic rings. The highest BCUT2D eigenvalue weighted by Gasteiger charge is 2.12. The molecular weight excluding hydrogens is 261 g/mol. The molecule has 0 spiro atoms. The molecule has 0 amide bonds. The first-order valence-electron chi connectivity index (χ1n) is 6.28. The third kappa shape index (κ3) is 3.08. The highest BCUT2D eigenvalue weighted by Crippen LogP contribution is 2.23. The molecule has 0 aliphatic carbocycles. The summed E-state index contributed by atoms with van der Waals surface area (Å²) in [5.74, 6) is 0.805. The second-order valence-corrected chi connectivity index (χ2v) is 4.44. The number of benzene rings is 1. The highest BCUT2D eigenvalue weighted by atomic mass is 19.1. The number of hydrogen-bond acceptors (Lipinski definition) is 4. The Balaban J connectivity index is 2.32. The van der Waals surface area contributed by atoms with Crippen LogP contribution in [0.4, 0.5) is 10.3 Å². The fraction of sp³-hybridized carbons (Fsp3) is 0.357. The van der Waals surface area contributed by atoms with Gasteiger partial charge in [0.05, 0.1) is 19.4 Å². The molecule has 0 radical (unpaired) electrons. The molecule has 5 nitrogen and oxygen atoms in total. The summed E-state index contributed by atoms with van der Waals surface area (Å²) in [5, 5.41) is 3.17. The van der Waals surface area contributed by atoms with Crippen LogP contribution < -0.4 is 10.1 Å². The summed E-state index contributed by atoms with van der Waals surface area (Å²) < 4.78 is 25.8. The smallest absolute Gasteiger partial charge is 0.207 e. The second-order valence-electron chi connectivity index (χ2n) is 4.44. The Labute approximate surface area is 117 Å². The van der Waals surface area contributed by atoms with Crippen molar-refractivity contribution in [3.8, 4) is 11.4 Å². The van der Waals surface area contributed by atoms with Crippen molar-refractivity contribution < 1.29 is 13.9 Å². The third-order valence-corrected chi connectivity index (χ3v) is 2.85. The first-order valence-corrected chi connectivity index (χ1v) is 6.28. The number of anilines is 1. The Hall–Kier alpha value is -2.08. The van der Waals surface area contributed by atoms with Crippen molar-refractivity contribution in [1.29, 1.82) is 0 Å². The zero-order chi connectivity index (χ0) is 14.5. The molecular formula is C14H18FN3O2. The van der Waals surface area contributed by atoms with Gasteiger partial charge >= 0.3 is 0 Å². The topological polar surface area (TPSA) is 48.3 Å². The summed E-state index contributed by atoms with van der Waals surface area (Å²) in [4.78, 5) is 4.20. The van der Waals surface area contributed by atoms with Crippen LogP contribution in [0.1, 0.15) is 6.92 Å². The van der Waals surface area contributed by atoms with Crippen LogP contribution in [0.2, 0.25) is 0 Å². The summed E-state index contributed by atoms with van der Waals surface area (Å²) in [6, 6.07) is 4.64. The van der Waals surface area contributed by atoms with E-state index in [1.807, 2.05) is 6.92 Å². The number of ether oxygens (including phenoxy) is 2. The predicted octanol–water partition coefficient (Wildman–Crippen LogP) is 2.47. The van der Waals surface area contributed by atoms with E-state index >= 15 is 0 Å². The van der Waals surface area contributed by atoms with Crippen molar-refractivity contribution in [2.45, 2.75) is 13.0 Å². The molecule has 108 valence electrons. The SMILES string of the molecule is COCC(C)Nc1nccn1-c1cc(OC)ccc1F. The van der Waals surface area contributed by atoms with Crippen LogP contribution in [0.15, 0.2) is 30.6 Å². The van der Waals surface area contributed by atoms with Gasteiger partial charge in [0.25, 0.3) is 0 Å². The number of nitrogens with one attached hydrogen (secondary N) is 1. The van der Waals surface area contributed by atoms with Gasteiger partial charge in [-0.2, -0.15) is 0 Å². The molecule has 0 bridgehead atoms. The average Bonchev–Trinajstić information content (AvgIpc) is 2.87. The molecule has 1 aromatic heterocycles. The van der Waals surface area contributed by atoms with E-state index in [-0.39, 0.29) is 11.9 Å². The first kappa shape index (κ1) is 14.3. The predicted molar refractivity (Wildman–Crippen MR) is 75.0 cm³/mol. The third-order valence-electron chi connectivity index (χ3n) is 2.85. The van der Waals surface area contributed by atoms with Crippen LogP contribution in [0.25, 0.3) is 5.69 Å². The Morgan fingerprint density at radius 2 is 2.20 bits per heavy atom. The minimum atomic E-state index is -0.341. The number of nitrogens with zero attached hydrogens (tertiary/aromatic N) is 2. The van der Waals surface area contributed by atoms with Crippen LogP contribution in [-0.4, -0.2) is 36.4 Å². The zero-order valence-electron chi connectivity index (χ0n) is 11.8. The van der Waals surface area contributed by atoms with Gasteiger partial charge in [-0.05, 0) is 19.1 Å². The molecule has 1 aromatic carbocycles. The molecule has 0 aliphatic heterocycles. The van der Waals surface area contributed by atoms with E-state index in [4.69, 9.17) is 9.47 Å². The van der Waals surface area contributed by atoms with Gasteiger partial charge in [0, 0.05) is 31.6 Å². The number of methoxy groups -OCH3 is 2. The number of halogens is 1. The van der Waals surface area contributed by atoms with Gasteiger partial charge in [0.15, 0.2) is 0 Å². The van der Waals surface area contributed by atoms with Gasteiger partial charge in [-0.15, -0.1) is 0 Å². The molecule has 0 saturated carbocycles. The monoisotopic (exact) mass is 279 g/mol. The maximum atomic E-state index is 14.0. The van der Waals surface area contributed by atoms with Gasteiger partial charge in [-0.25, -0.2) is 9.37 Å². The number of hydrogen-bond donors (Lipinski definition) is 1. The fourth-order valence-electron chi connectivity index (χ4n) is 1.92. The Morgan fingerprint density at radius 3 is 2.90 bits per heavy atom. The minimum Gasteiger partial charge on any atom is -0.497 e. The van der Waals surface area contributed by atoms with Crippen molar-refractivity contribution in [3.63, 3.8) is 0 Å². The molecule has 1 atom stereocenters. The maximum absolute atomic E-state index is 14.0. The van der Waals surface area contributed by atoms with Gasteiger partial charge in [0.2, 0.25) is 5.95 Å². The van der Waals surface area contributed by atoms with Gasteiger partial charge in [-0.1, -0.05) is 0 Å². The standard InChI is InChI=1S/C14H18FN3O2/c1-10(9-19-2)17-14-16-6-7-18(14)13-8-11(20-3)4-5-12(13)15/h4-8,10H,9H2,1-3H3,(H,16,17). The summed E-state index contributed by atoms with van der Waals surface area (Å²) in [6.45, 7) is 2.50. The number of imidazole rings is 1. The second kappa shape index (κ2) is 6.38. The van der Waals surface area contributed by atoms with Gasteiger partial charge in [-0.3, -0.25) is 4.57 Å². The van der Waals surface area contributed by atoms with Crippen LogP contribution in [-0.2, 0) is 4.74 Å². The Kier molecular flexibility index (Phi) is 4.57. The van der Waals surface area contributed by atoms with E-state index < -0.39 is 0 Å². The normalized spacial score (nSPS) is 12.2. The summed E-state index contributed by atoms with van der Waals surface area (Å²) in [5.41, 5.74) is 0.383. The molecule has 1 heterocycles. The molecule has 0 fully saturated rings. The van der Waals surface area contributed by atoms with Crippen LogP contribution in [0, 0.1) is 5.82 Å². The molecule has 0 aliphatic rings. The molecule has 0 saturated heterocycles. The summed E-state index contributed by atoms with van der Waals surface area (Å²) >= 11 is 0. The van der Waals surface area contributed by atoms with Crippen molar-refractivity contribution >= 4 is 5.95 Å². The quantitative estimate of drug-likeness (QED) is 0.882. The van der Waals surface area contributed by atoms with Crippen LogP contribution in [0.5, 0.6) is 5.75 Å². The van der Waals surface area contributed by atoms with E-state index in [1.165, 1.54) is 6.07 Å². The molecule has 1 N–H and O–H groups in total. The minimum absolute atomic E-state index is 0.0646. The van der Waals surface area contributed by atoms with E-state index in [1.54, 1.807) is 43.3 Å². The lowest BCUT2D eigenvalue weighted by Crippen LogP contribution is -2.23. The average molecular weight is 279 g/mol. The Morgan fingerprint density at radius 1 is 1.40 bits per heavy atom. The van der Waals surface area contributed by atoms with Crippen LogP contribution >= 0.6 is 0 Å². The van der Waals surface area contributed by atoms with Gasteiger partial charge < -0.3 is 14.8 Å². The molecule has 20 heavy (non-hydrogen) atoms. The van der Waals surface area contributed by atoms with Gasteiger partial charge in [0.1, 0.15) is 11.6 Å². The first-order chi connectivity index (χ1) is 9.65. The van der Waals surface area contributed by atoms with Crippen molar-refractivity contribution in [1.82, 2.24) is 9.55 Å². The Bertz CT molecular complexity index is 571. The zero-order valence-corrected chi connectivity index (χ0v) is 11.8. The number of rotatable bonds is 6.